The van der Waals surface area contributed by atoms with Crippen molar-refractivity contribution in [1.29, 1.82) is 0 Å². The molecule has 0 radical (unpaired) electrons. The second-order valence-corrected chi connectivity index (χ2v) is 4.71. The summed E-state index contributed by atoms with van der Waals surface area (Å²) in [6, 6.07) is 2.05. The maximum absolute atomic E-state index is 10.3. The van der Waals surface area contributed by atoms with Crippen LogP contribution in [0.5, 0.6) is 0 Å². The summed E-state index contributed by atoms with van der Waals surface area (Å²) in [5.41, 5.74) is 1.25. The third-order valence-electron chi connectivity index (χ3n) is 1.67. The van der Waals surface area contributed by atoms with E-state index in [2.05, 4.69) is 5.38 Å². The Hall–Kier alpha value is -0.520. The molecule has 5 heteroatoms. The van der Waals surface area contributed by atoms with Gasteiger partial charge in [-0.1, -0.05) is 0 Å². The first-order chi connectivity index (χ1) is 6.70. The number of rotatable bonds is 6. The molecule has 1 unspecified atom stereocenters. The molecule has 0 spiro atoms. The Morgan fingerprint density at radius 2 is 2.43 bits per heavy atom. The zero-order valence-corrected chi connectivity index (χ0v) is 9.18. The average molecular weight is 232 g/mol. The monoisotopic (exact) mass is 232 g/mol. The predicted octanol–water partition coefficient (Wildman–Crippen LogP) is 1.82. The lowest BCUT2D eigenvalue weighted by atomic mass is 10.3. The van der Waals surface area contributed by atoms with Gasteiger partial charge in [0.15, 0.2) is 6.10 Å². The Morgan fingerprint density at radius 3 is 3.00 bits per heavy atom. The smallest absolute Gasteiger partial charge is 0.332 e. The molecule has 1 rings (SSSR count). The molecule has 2 N–H and O–H groups in total. The van der Waals surface area contributed by atoms with E-state index in [9.17, 15) is 4.79 Å². The molecule has 0 saturated heterocycles. The van der Waals surface area contributed by atoms with Crippen molar-refractivity contribution >= 4 is 29.1 Å². The van der Waals surface area contributed by atoms with Crippen LogP contribution in [0.2, 0.25) is 0 Å². The lowest BCUT2D eigenvalue weighted by Crippen LogP contribution is -2.19. The van der Waals surface area contributed by atoms with Crippen molar-refractivity contribution in [1.82, 2.24) is 0 Å². The highest BCUT2D eigenvalue weighted by atomic mass is 32.2. The van der Waals surface area contributed by atoms with Gasteiger partial charge in [0.05, 0.1) is 0 Å². The molecule has 1 atom stereocenters. The summed E-state index contributed by atoms with van der Waals surface area (Å²) >= 11 is 3.29. The SMILES string of the molecule is O=C(O)C(O)CCSCc1ccsc1. The van der Waals surface area contributed by atoms with Gasteiger partial charge in [0.25, 0.3) is 0 Å². The number of aliphatic hydroxyl groups is 1. The van der Waals surface area contributed by atoms with E-state index < -0.39 is 12.1 Å². The summed E-state index contributed by atoms with van der Waals surface area (Å²) in [4.78, 5) is 10.3. The number of aliphatic hydroxyl groups excluding tert-OH is 1. The van der Waals surface area contributed by atoms with E-state index in [0.29, 0.717) is 12.2 Å². The topological polar surface area (TPSA) is 57.5 Å². The fourth-order valence-electron chi connectivity index (χ4n) is 0.883. The highest BCUT2D eigenvalue weighted by Gasteiger charge is 2.11. The molecule has 0 fully saturated rings. The molecule has 14 heavy (non-hydrogen) atoms. The van der Waals surface area contributed by atoms with Crippen molar-refractivity contribution in [2.75, 3.05) is 5.75 Å². The second kappa shape index (κ2) is 6.06. The lowest BCUT2D eigenvalue weighted by molar-refractivity contribution is -0.146. The molecule has 1 heterocycles. The van der Waals surface area contributed by atoms with Crippen LogP contribution in [0.25, 0.3) is 0 Å². The van der Waals surface area contributed by atoms with Gasteiger partial charge in [0, 0.05) is 5.75 Å². The summed E-state index contributed by atoms with van der Waals surface area (Å²) in [6.07, 6.45) is -0.908. The van der Waals surface area contributed by atoms with Crippen LogP contribution in [0.4, 0.5) is 0 Å². The first-order valence-corrected chi connectivity index (χ1v) is 6.29. The Labute approximate surface area is 90.8 Å². The fraction of sp³-hybridized carbons (Fsp3) is 0.444. The van der Waals surface area contributed by atoms with Crippen LogP contribution in [0.15, 0.2) is 16.8 Å². The van der Waals surface area contributed by atoms with Crippen LogP contribution in [0.1, 0.15) is 12.0 Å². The standard InChI is InChI=1S/C9H12O3S2/c10-8(9(11)12)2-4-14-6-7-1-3-13-5-7/h1,3,5,8,10H,2,4,6H2,(H,11,12). The van der Waals surface area contributed by atoms with Crippen LogP contribution >= 0.6 is 23.1 Å². The maximum atomic E-state index is 10.3. The average Bonchev–Trinajstić information content (AvgIpc) is 2.64. The molecule has 1 aromatic rings. The lowest BCUT2D eigenvalue weighted by Gasteiger charge is -2.03. The molecule has 0 aliphatic carbocycles. The van der Waals surface area contributed by atoms with Crippen molar-refractivity contribution in [3.8, 4) is 0 Å². The number of carbonyl (C=O) groups is 1. The van der Waals surface area contributed by atoms with Crippen LogP contribution in [-0.2, 0) is 10.5 Å². The number of carboxylic acids is 1. The first-order valence-electron chi connectivity index (χ1n) is 4.20. The van der Waals surface area contributed by atoms with Crippen molar-refractivity contribution in [3.05, 3.63) is 22.4 Å². The summed E-state index contributed by atoms with van der Waals surface area (Å²) in [5, 5.41) is 21.5. The molecule has 0 amide bonds. The number of thioether (sulfide) groups is 1. The minimum Gasteiger partial charge on any atom is -0.479 e. The molecular weight excluding hydrogens is 220 g/mol. The van der Waals surface area contributed by atoms with Gasteiger partial charge in [-0.25, -0.2) is 4.79 Å². The van der Waals surface area contributed by atoms with Gasteiger partial charge in [-0.2, -0.15) is 23.1 Å². The Kier molecular flexibility index (Phi) is 5.00. The molecule has 0 bridgehead atoms. The summed E-state index contributed by atoms with van der Waals surface area (Å²) in [5.74, 6) is 0.417. The van der Waals surface area contributed by atoms with Crippen molar-refractivity contribution < 1.29 is 15.0 Å². The van der Waals surface area contributed by atoms with E-state index >= 15 is 0 Å². The summed E-state index contributed by atoms with van der Waals surface area (Å²) < 4.78 is 0. The van der Waals surface area contributed by atoms with Crippen LogP contribution in [-0.4, -0.2) is 28.0 Å². The second-order valence-electron chi connectivity index (χ2n) is 2.83. The molecule has 0 aliphatic heterocycles. The van der Waals surface area contributed by atoms with Crippen molar-refractivity contribution in [2.45, 2.75) is 18.3 Å². The van der Waals surface area contributed by atoms with Crippen molar-refractivity contribution in [2.24, 2.45) is 0 Å². The van der Waals surface area contributed by atoms with E-state index in [1.54, 1.807) is 23.1 Å². The molecule has 0 aliphatic rings. The molecule has 0 aromatic carbocycles. The van der Waals surface area contributed by atoms with Crippen molar-refractivity contribution in [3.63, 3.8) is 0 Å². The van der Waals surface area contributed by atoms with E-state index in [4.69, 9.17) is 10.2 Å². The third kappa shape index (κ3) is 4.13. The molecule has 78 valence electrons. The van der Waals surface area contributed by atoms with Crippen LogP contribution in [0.3, 0.4) is 0 Å². The Bertz CT molecular complexity index is 272. The van der Waals surface area contributed by atoms with Gasteiger partial charge >= 0.3 is 5.97 Å². The molecule has 1 aromatic heterocycles. The Morgan fingerprint density at radius 1 is 1.64 bits per heavy atom. The van der Waals surface area contributed by atoms with Gasteiger partial charge in [-0.15, -0.1) is 0 Å². The number of aliphatic carboxylic acids is 1. The van der Waals surface area contributed by atoms with Crippen LogP contribution in [0, 0.1) is 0 Å². The van der Waals surface area contributed by atoms with E-state index in [0.717, 1.165) is 5.75 Å². The first kappa shape index (κ1) is 11.6. The molecular formula is C9H12O3S2. The highest BCUT2D eigenvalue weighted by molar-refractivity contribution is 7.98. The highest BCUT2D eigenvalue weighted by Crippen LogP contribution is 2.16. The van der Waals surface area contributed by atoms with Gasteiger partial charge in [0.1, 0.15) is 0 Å². The number of hydrogen-bond acceptors (Lipinski definition) is 4. The van der Waals surface area contributed by atoms with Gasteiger partial charge in [0.2, 0.25) is 0 Å². The minimum absolute atomic E-state index is 0.310. The predicted molar refractivity (Wildman–Crippen MR) is 58.7 cm³/mol. The maximum Gasteiger partial charge on any atom is 0.332 e. The normalized spacial score (nSPS) is 12.6. The van der Waals surface area contributed by atoms with Gasteiger partial charge in [-0.3, -0.25) is 0 Å². The van der Waals surface area contributed by atoms with E-state index in [-0.39, 0.29) is 0 Å². The summed E-state index contributed by atoms with van der Waals surface area (Å²) in [7, 11) is 0. The zero-order valence-electron chi connectivity index (χ0n) is 7.55. The van der Waals surface area contributed by atoms with E-state index in [1.807, 2.05) is 11.4 Å². The molecule has 3 nitrogen and oxygen atoms in total. The third-order valence-corrected chi connectivity index (χ3v) is 3.46. The quantitative estimate of drug-likeness (QED) is 0.734. The van der Waals surface area contributed by atoms with E-state index in [1.165, 1.54) is 5.56 Å². The fourth-order valence-corrected chi connectivity index (χ4v) is 2.61. The zero-order chi connectivity index (χ0) is 10.4. The largest absolute Gasteiger partial charge is 0.479 e. The Balaban J connectivity index is 2.08. The molecule has 0 saturated carbocycles. The number of carboxylic acid groups (broad SMARTS) is 1. The van der Waals surface area contributed by atoms with Gasteiger partial charge in [-0.05, 0) is 34.6 Å². The minimum atomic E-state index is -1.22. The number of hydrogen-bond donors (Lipinski definition) is 2. The van der Waals surface area contributed by atoms with Crippen LogP contribution < -0.4 is 0 Å². The van der Waals surface area contributed by atoms with Gasteiger partial charge < -0.3 is 10.2 Å². The summed E-state index contributed by atoms with van der Waals surface area (Å²) in [6.45, 7) is 0. The number of thiophene rings is 1.